The molecule has 0 fully saturated rings. The highest BCUT2D eigenvalue weighted by molar-refractivity contribution is 7.92. The minimum atomic E-state index is -4.15. The Bertz CT molecular complexity index is 1310. The summed E-state index contributed by atoms with van der Waals surface area (Å²) in [4.78, 5) is 3.51. The molecule has 0 aliphatic heterocycles. The number of methoxy groups -OCH3 is 1. The molecule has 29 heavy (non-hydrogen) atoms. The van der Waals surface area contributed by atoms with E-state index in [1.807, 2.05) is 0 Å². The molecular weight excluding hydrogens is 402 g/mol. The van der Waals surface area contributed by atoms with Crippen LogP contribution in [0.4, 0.5) is 14.5 Å². The van der Waals surface area contributed by atoms with E-state index in [1.165, 1.54) is 53.3 Å². The first kappa shape index (κ1) is 18.8. The number of halogens is 2. The summed E-state index contributed by atoms with van der Waals surface area (Å²) in [6.45, 7) is 0. The fourth-order valence-electron chi connectivity index (χ4n) is 2.86. The molecule has 1 N–H and O–H groups in total. The van der Waals surface area contributed by atoms with Gasteiger partial charge in [-0.3, -0.25) is 4.72 Å². The molecule has 0 spiro atoms. The Balaban J connectivity index is 1.87. The molecule has 148 valence electrons. The SMILES string of the molecule is COc1nc(F)c(-c2ccn3nccc3c2)c(F)c1NS(=O)(=O)c1ccccc1. The highest BCUT2D eigenvalue weighted by Crippen LogP contribution is 2.36. The van der Waals surface area contributed by atoms with Crippen LogP contribution in [0.1, 0.15) is 0 Å². The van der Waals surface area contributed by atoms with Crippen molar-refractivity contribution in [3.8, 4) is 17.0 Å². The Morgan fingerprint density at radius 2 is 1.86 bits per heavy atom. The first-order valence-corrected chi connectivity index (χ1v) is 9.83. The topological polar surface area (TPSA) is 85.6 Å². The second-order valence-corrected chi connectivity index (χ2v) is 7.69. The van der Waals surface area contributed by atoms with Crippen LogP contribution in [0.25, 0.3) is 16.6 Å². The highest BCUT2D eigenvalue weighted by atomic mass is 32.2. The summed E-state index contributed by atoms with van der Waals surface area (Å²) in [6, 6.07) is 12.0. The van der Waals surface area contributed by atoms with Crippen LogP contribution in [0.2, 0.25) is 0 Å². The molecule has 0 saturated carbocycles. The van der Waals surface area contributed by atoms with Crippen LogP contribution in [0.15, 0.2) is 65.8 Å². The van der Waals surface area contributed by atoms with Crippen LogP contribution in [-0.2, 0) is 10.0 Å². The van der Waals surface area contributed by atoms with E-state index < -0.39 is 38.9 Å². The van der Waals surface area contributed by atoms with E-state index in [9.17, 15) is 12.8 Å². The Hall–Kier alpha value is -3.53. The van der Waals surface area contributed by atoms with Crippen molar-refractivity contribution in [1.29, 1.82) is 0 Å². The van der Waals surface area contributed by atoms with Gasteiger partial charge in [-0.1, -0.05) is 18.2 Å². The van der Waals surface area contributed by atoms with Gasteiger partial charge >= 0.3 is 0 Å². The number of nitrogens with one attached hydrogen (secondary N) is 1. The second-order valence-electron chi connectivity index (χ2n) is 6.01. The predicted octanol–water partition coefficient (Wildman–Crippen LogP) is 3.48. The number of hydrogen-bond acceptors (Lipinski definition) is 5. The first-order chi connectivity index (χ1) is 13.9. The molecule has 1 aromatic carbocycles. The zero-order chi connectivity index (χ0) is 20.6. The van der Waals surface area contributed by atoms with E-state index in [-0.39, 0.29) is 10.5 Å². The van der Waals surface area contributed by atoms with Gasteiger partial charge < -0.3 is 4.74 Å². The fraction of sp³-hybridized carbons (Fsp3) is 0.0526. The third kappa shape index (κ3) is 3.38. The zero-order valence-corrected chi connectivity index (χ0v) is 15.8. The zero-order valence-electron chi connectivity index (χ0n) is 15.0. The van der Waals surface area contributed by atoms with Crippen molar-refractivity contribution in [3.05, 3.63) is 72.7 Å². The minimum absolute atomic E-state index is 0.0898. The molecule has 0 amide bonds. The monoisotopic (exact) mass is 416 g/mol. The summed E-state index contributed by atoms with van der Waals surface area (Å²) >= 11 is 0. The number of sulfonamides is 1. The lowest BCUT2D eigenvalue weighted by Crippen LogP contribution is -2.16. The van der Waals surface area contributed by atoms with Crippen LogP contribution >= 0.6 is 0 Å². The average Bonchev–Trinajstić information content (AvgIpc) is 3.18. The van der Waals surface area contributed by atoms with Gasteiger partial charge in [0.15, 0.2) is 5.82 Å². The number of aromatic nitrogens is 3. The van der Waals surface area contributed by atoms with Gasteiger partial charge in [0.2, 0.25) is 11.8 Å². The lowest BCUT2D eigenvalue weighted by Gasteiger charge is -2.15. The van der Waals surface area contributed by atoms with Gasteiger partial charge in [0.05, 0.1) is 23.1 Å². The molecule has 4 rings (SSSR count). The number of anilines is 1. The molecule has 0 bridgehead atoms. The predicted molar refractivity (Wildman–Crippen MR) is 102 cm³/mol. The third-order valence-electron chi connectivity index (χ3n) is 4.23. The maximum Gasteiger partial charge on any atom is 0.262 e. The van der Waals surface area contributed by atoms with Crippen LogP contribution in [0.5, 0.6) is 5.88 Å². The van der Waals surface area contributed by atoms with E-state index >= 15 is 4.39 Å². The van der Waals surface area contributed by atoms with Crippen LogP contribution in [-0.4, -0.2) is 30.1 Å². The van der Waals surface area contributed by atoms with E-state index in [1.54, 1.807) is 12.1 Å². The van der Waals surface area contributed by atoms with Gasteiger partial charge in [-0.25, -0.2) is 17.3 Å². The summed E-state index contributed by atoms with van der Waals surface area (Å²) in [5.74, 6) is -2.79. The molecule has 0 aliphatic rings. The van der Waals surface area contributed by atoms with Gasteiger partial charge in [-0.2, -0.15) is 14.5 Å². The normalized spacial score (nSPS) is 11.6. The first-order valence-electron chi connectivity index (χ1n) is 8.35. The van der Waals surface area contributed by atoms with E-state index in [0.29, 0.717) is 5.52 Å². The molecule has 7 nitrogen and oxygen atoms in total. The number of pyridine rings is 2. The maximum absolute atomic E-state index is 15.3. The molecule has 0 aliphatic carbocycles. The van der Waals surface area contributed by atoms with Gasteiger partial charge in [0.1, 0.15) is 5.69 Å². The van der Waals surface area contributed by atoms with Crippen molar-refractivity contribution in [1.82, 2.24) is 14.6 Å². The van der Waals surface area contributed by atoms with Crippen LogP contribution in [0, 0.1) is 11.8 Å². The summed E-state index contributed by atoms with van der Waals surface area (Å²) in [6.07, 6.45) is 3.07. The molecule has 10 heteroatoms. The molecule has 0 unspecified atom stereocenters. The van der Waals surface area contributed by atoms with Gasteiger partial charge in [0, 0.05) is 12.4 Å². The average molecular weight is 416 g/mol. The Labute approximate surface area is 164 Å². The fourth-order valence-corrected chi connectivity index (χ4v) is 3.94. The maximum atomic E-state index is 15.3. The van der Waals surface area contributed by atoms with Crippen LogP contribution in [0.3, 0.4) is 0 Å². The Morgan fingerprint density at radius 3 is 2.59 bits per heavy atom. The van der Waals surface area contributed by atoms with Gasteiger partial charge in [-0.05, 0) is 35.9 Å². The molecule has 0 atom stereocenters. The third-order valence-corrected chi connectivity index (χ3v) is 5.60. The number of hydrogen-bond donors (Lipinski definition) is 1. The number of ether oxygens (including phenoxy) is 1. The molecule has 3 aromatic heterocycles. The van der Waals surface area contributed by atoms with Crippen molar-refractivity contribution in [2.24, 2.45) is 0 Å². The molecule has 4 aromatic rings. The Morgan fingerprint density at radius 1 is 1.10 bits per heavy atom. The lowest BCUT2D eigenvalue weighted by atomic mass is 10.1. The Kier molecular flexibility index (Phi) is 4.63. The van der Waals surface area contributed by atoms with Crippen molar-refractivity contribution in [2.75, 3.05) is 11.8 Å². The second kappa shape index (κ2) is 7.13. The summed E-state index contributed by atoms with van der Waals surface area (Å²) < 4.78 is 63.7. The van der Waals surface area contributed by atoms with Crippen molar-refractivity contribution < 1.29 is 21.9 Å². The van der Waals surface area contributed by atoms with Crippen molar-refractivity contribution >= 4 is 21.2 Å². The summed E-state index contributed by atoms with van der Waals surface area (Å²) in [5.41, 5.74) is -0.298. The standard InChI is InChI=1S/C19H14F2N4O3S/c1-28-19-17(24-29(26,27)14-5-3-2-4-6-14)16(20)15(18(21)23-19)12-8-10-25-13(11-12)7-9-22-25/h2-11,24H,1H3. The highest BCUT2D eigenvalue weighted by Gasteiger charge is 2.26. The summed E-state index contributed by atoms with van der Waals surface area (Å²) in [5, 5.41) is 4.03. The molecule has 0 saturated heterocycles. The van der Waals surface area contributed by atoms with E-state index in [0.717, 1.165) is 7.11 Å². The van der Waals surface area contributed by atoms with Gasteiger partial charge in [0.25, 0.3) is 10.0 Å². The van der Waals surface area contributed by atoms with Crippen LogP contribution < -0.4 is 9.46 Å². The summed E-state index contributed by atoms with van der Waals surface area (Å²) in [7, 11) is -3.01. The van der Waals surface area contributed by atoms with E-state index in [4.69, 9.17) is 4.74 Å². The quantitative estimate of drug-likeness (QED) is 0.504. The van der Waals surface area contributed by atoms with Gasteiger partial charge in [-0.15, -0.1) is 0 Å². The smallest absolute Gasteiger partial charge is 0.262 e. The number of rotatable bonds is 5. The molecule has 0 radical (unpaired) electrons. The van der Waals surface area contributed by atoms with Crippen molar-refractivity contribution in [3.63, 3.8) is 0 Å². The minimum Gasteiger partial charge on any atom is -0.479 e. The lowest BCUT2D eigenvalue weighted by molar-refractivity contribution is 0.386. The number of nitrogens with zero attached hydrogens (tertiary/aromatic N) is 3. The number of fused-ring (bicyclic) bond motifs is 1. The van der Waals surface area contributed by atoms with E-state index in [2.05, 4.69) is 14.8 Å². The number of benzene rings is 1. The molecular formula is C19H14F2N4O3S. The molecule has 3 heterocycles. The van der Waals surface area contributed by atoms with Crippen molar-refractivity contribution in [2.45, 2.75) is 4.90 Å². The largest absolute Gasteiger partial charge is 0.479 e.